The first-order chi connectivity index (χ1) is 10.8. The Balaban J connectivity index is 2.13. The average Bonchev–Trinajstić information content (AvgIpc) is 2.55. The van der Waals surface area contributed by atoms with Gasteiger partial charge in [0.05, 0.1) is 0 Å². The largest absolute Gasteiger partial charge is 0.507 e. The van der Waals surface area contributed by atoms with Crippen LogP contribution in [0.5, 0.6) is 5.75 Å². The van der Waals surface area contributed by atoms with E-state index in [4.69, 9.17) is 0 Å². The maximum Gasteiger partial charge on any atom is 0.246 e. The molecule has 0 saturated carbocycles. The van der Waals surface area contributed by atoms with Gasteiger partial charge >= 0.3 is 0 Å². The molecule has 1 heterocycles. The molecule has 0 spiro atoms. The topological polar surface area (TPSA) is 77.9 Å². The predicted octanol–water partition coefficient (Wildman–Crippen LogP) is 1.58. The maximum absolute atomic E-state index is 12.7. The van der Waals surface area contributed by atoms with Gasteiger partial charge in [-0.2, -0.15) is 4.31 Å². The van der Waals surface area contributed by atoms with Gasteiger partial charge in [-0.05, 0) is 31.0 Å². The van der Waals surface area contributed by atoms with Crippen LogP contribution in [0.15, 0.2) is 23.1 Å². The third-order valence-electron chi connectivity index (χ3n) is 4.32. The molecule has 1 saturated heterocycles. The van der Waals surface area contributed by atoms with E-state index < -0.39 is 10.0 Å². The third kappa shape index (κ3) is 3.67. The molecule has 0 bridgehead atoms. The van der Waals surface area contributed by atoms with Crippen LogP contribution in [0.2, 0.25) is 0 Å². The smallest absolute Gasteiger partial charge is 0.246 e. The van der Waals surface area contributed by atoms with Gasteiger partial charge in [-0.25, -0.2) is 8.42 Å². The highest BCUT2D eigenvalue weighted by Gasteiger charge is 2.32. The number of hydrogen-bond acceptors (Lipinski definition) is 4. The molecule has 1 aromatic rings. The van der Waals surface area contributed by atoms with Gasteiger partial charge in [0.2, 0.25) is 15.9 Å². The van der Waals surface area contributed by atoms with Crippen molar-refractivity contribution in [1.29, 1.82) is 0 Å². The van der Waals surface area contributed by atoms with E-state index in [1.54, 1.807) is 17.9 Å². The molecule has 0 radical (unpaired) electrons. The van der Waals surface area contributed by atoms with Crippen LogP contribution in [0.25, 0.3) is 0 Å². The lowest BCUT2D eigenvalue weighted by atomic mass is 10.1. The predicted molar refractivity (Wildman–Crippen MR) is 87.6 cm³/mol. The molecule has 2 rings (SSSR count). The second kappa shape index (κ2) is 6.88. The van der Waals surface area contributed by atoms with Crippen molar-refractivity contribution in [3.8, 4) is 5.75 Å². The second-order valence-electron chi connectivity index (χ2n) is 6.01. The van der Waals surface area contributed by atoms with Crippen LogP contribution < -0.4 is 0 Å². The third-order valence-corrected chi connectivity index (χ3v) is 6.25. The van der Waals surface area contributed by atoms with E-state index >= 15 is 0 Å². The number of piperazine rings is 1. The summed E-state index contributed by atoms with van der Waals surface area (Å²) in [5, 5.41) is 9.88. The lowest BCUT2D eigenvalue weighted by Crippen LogP contribution is -2.51. The Kier molecular flexibility index (Phi) is 5.31. The molecule has 1 atom stereocenters. The number of nitrogens with zero attached hydrogens (tertiary/aromatic N) is 2. The fraction of sp³-hybridized carbons (Fsp3) is 0.562. The van der Waals surface area contributed by atoms with Crippen LogP contribution in [0, 0.1) is 12.8 Å². The number of carbonyl (C=O) groups excluding carboxylic acids is 1. The van der Waals surface area contributed by atoms with Gasteiger partial charge in [-0.1, -0.05) is 19.9 Å². The van der Waals surface area contributed by atoms with E-state index in [9.17, 15) is 18.3 Å². The van der Waals surface area contributed by atoms with E-state index in [-0.39, 0.29) is 35.6 Å². The highest BCUT2D eigenvalue weighted by atomic mass is 32.2. The number of sulfonamides is 1. The first kappa shape index (κ1) is 17.7. The molecule has 6 nitrogen and oxygen atoms in total. The fourth-order valence-corrected chi connectivity index (χ4v) is 4.19. The average molecular weight is 340 g/mol. The molecule has 1 amide bonds. The normalized spacial score (nSPS) is 18.0. The molecule has 1 aromatic carbocycles. The molecule has 0 aliphatic carbocycles. The Hall–Kier alpha value is -1.60. The van der Waals surface area contributed by atoms with E-state index in [1.807, 2.05) is 13.8 Å². The summed E-state index contributed by atoms with van der Waals surface area (Å²) in [6.45, 7) is 6.89. The molecule has 7 heteroatoms. The SMILES string of the molecule is CCC(C)C(=O)N1CCN(S(=O)(=O)c2cc(C)ccc2O)CC1. The van der Waals surface area contributed by atoms with E-state index in [1.165, 1.54) is 16.4 Å². The quantitative estimate of drug-likeness (QED) is 0.903. The Morgan fingerprint density at radius 1 is 1.26 bits per heavy atom. The highest BCUT2D eigenvalue weighted by molar-refractivity contribution is 7.89. The number of aromatic hydroxyl groups is 1. The molecule has 1 aliphatic heterocycles. The summed E-state index contributed by atoms with van der Waals surface area (Å²) in [5.41, 5.74) is 0.770. The van der Waals surface area contributed by atoms with E-state index in [2.05, 4.69) is 0 Å². The minimum atomic E-state index is -3.74. The Morgan fingerprint density at radius 2 is 1.87 bits per heavy atom. The van der Waals surface area contributed by atoms with E-state index in [0.29, 0.717) is 13.1 Å². The van der Waals surface area contributed by atoms with Crippen molar-refractivity contribution in [3.05, 3.63) is 23.8 Å². The maximum atomic E-state index is 12.7. The van der Waals surface area contributed by atoms with Crippen molar-refractivity contribution in [2.45, 2.75) is 32.1 Å². The zero-order valence-corrected chi connectivity index (χ0v) is 14.6. The van der Waals surface area contributed by atoms with Crippen molar-refractivity contribution >= 4 is 15.9 Å². The van der Waals surface area contributed by atoms with Crippen molar-refractivity contribution in [2.24, 2.45) is 5.92 Å². The number of aryl methyl sites for hydroxylation is 1. The lowest BCUT2D eigenvalue weighted by Gasteiger charge is -2.35. The standard InChI is InChI=1S/C16H24N2O4S/c1-4-13(3)16(20)17-7-9-18(10-8-17)23(21,22)15-11-12(2)5-6-14(15)19/h5-6,11,13,19H,4,7-10H2,1-3H3. The zero-order chi connectivity index (χ0) is 17.2. The zero-order valence-electron chi connectivity index (χ0n) is 13.8. The van der Waals surface area contributed by atoms with Crippen molar-refractivity contribution in [1.82, 2.24) is 9.21 Å². The minimum Gasteiger partial charge on any atom is -0.507 e. The number of phenolic OH excluding ortho intramolecular Hbond substituents is 1. The molecule has 0 aromatic heterocycles. The van der Waals surface area contributed by atoms with Gasteiger partial charge in [-0.3, -0.25) is 4.79 Å². The van der Waals surface area contributed by atoms with Crippen LogP contribution in [-0.4, -0.2) is 54.8 Å². The molecule has 1 aliphatic rings. The highest BCUT2D eigenvalue weighted by Crippen LogP contribution is 2.27. The summed E-state index contributed by atoms with van der Waals surface area (Å²) in [7, 11) is -3.74. The number of amides is 1. The van der Waals surface area contributed by atoms with Gasteiger partial charge in [0, 0.05) is 32.1 Å². The van der Waals surface area contributed by atoms with Crippen LogP contribution in [0.4, 0.5) is 0 Å². The number of phenols is 1. The summed E-state index contributed by atoms with van der Waals surface area (Å²) in [6.07, 6.45) is 0.772. The fourth-order valence-electron chi connectivity index (χ4n) is 2.60. The monoisotopic (exact) mass is 340 g/mol. The van der Waals surface area contributed by atoms with Crippen molar-refractivity contribution in [3.63, 3.8) is 0 Å². The Bertz CT molecular complexity index is 679. The van der Waals surface area contributed by atoms with Crippen LogP contribution in [0.1, 0.15) is 25.8 Å². The van der Waals surface area contributed by atoms with Crippen LogP contribution in [0.3, 0.4) is 0 Å². The molecule has 1 N–H and O–H groups in total. The summed E-state index contributed by atoms with van der Waals surface area (Å²) >= 11 is 0. The number of hydrogen-bond donors (Lipinski definition) is 1. The lowest BCUT2D eigenvalue weighted by molar-refractivity contribution is -0.136. The molecule has 1 fully saturated rings. The minimum absolute atomic E-state index is 0.0426. The first-order valence-electron chi connectivity index (χ1n) is 7.86. The molecular formula is C16H24N2O4S. The first-order valence-corrected chi connectivity index (χ1v) is 9.30. The molecule has 1 unspecified atom stereocenters. The van der Waals surface area contributed by atoms with Gasteiger partial charge < -0.3 is 10.0 Å². The van der Waals surface area contributed by atoms with Gasteiger partial charge in [0.15, 0.2) is 0 Å². The summed E-state index contributed by atoms with van der Waals surface area (Å²) in [5.74, 6) is -0.212. The number of rotatable bonds is 4. The Labute approximate surface area is 137 Å². The van der Waals surface area contributed by atoms with Gasteiger partial charge in [-0.15, -0.1) is 0 Å². The Morgan fingerprint density at radius 3 is 2.43 bits per heavy atom. The van der Waals surface area contributed by atoms with Crippen LogP contribution >= 0.6 is 0 Å². The van der Waals surface area contributed by atoms with Crippen molar-refractivity contribution in [2.75, 3.05) is 26.2 Å². The van der Waals surface area contributed by atoms with Crippen LogP contribution in [-0.2, 0) is 14.8 Å². The molecular weight excluding hydrogens is 316 g/mol. The number of carbonyl (C=O) groups is 1. The molecule has 128 valence electrons. The summed E-state index contributed by atoms with van der Waals surface area (Å²) < 4.78 is 26.7. The molecule has 23 heavy (non-hydrogen) atoms. The summed E-state index contributed by atoms with van der Waals surface area (Å²) in [4.78, 5) is 13.8. The van der Waals surface area contributed by atoms with Gasteiger partial charge in [0.1, 0.15) is 10.6 Å². The summed E-state index contributed by atoms with van der Waals surface area (Å²) in [6, 6.07) is 4.53. The number of benzene rings is 1. The van der Waals surface area contributed by atoms with Gasteiger partial charge in [0.25, 0.3) is 0 Å². The van der Waals surface area contributed by atoms with Crippen molar-refractivity contribution < 1.29 is 18.3 Å². The second-order valence-corrected chi connectivity index (χ2v) is 7.92. The van der Waals surface area contributed by atoms with E-state index in [0.717, 1.165) is 12.0 Å².